The number of fused-ring (bicyclic) bond motifs is 1. The van der Waals surface area contributed by atoms with Crippen molar-refractivity contribution in [2.45, 2.75) is 32.6 Å². The second kappa shape index (κ2) is 7.08. The molecule has 0 unspecified atom stereocenters. The lowest BCUT2D eigenvalue weighted by Gasteiger charge is -2.23. The largest absolute Gasteiger partial charge is 0.462 e. The van der Waals surface area contributed by atoms with Crippen molar-refractivity contribution in [3.63, 3.8) is 0 Å². The predicted molar refractivity (Wildman–Crippen MR) is 107 cm³/mol. The minimum Gasteiger partial charge on any atom is -0.462 e. The van der Waals surface area contributed by atoms with Gasteiger partial charge in [-0.25, -0.2) is 9.78 Å². The maximum atomic E-state index is 12.0. The Balaban J connectivity index is 1.76. The Morgan fingerprint density at radius 2 is 1.96 bits per heavy atom. The molecule has 1 fully saturated rings. The average Bonchev–Trinajstić information content (AvgIpc) is 3.39. The molecular formula is C21H22N2O2S. The normalized spacial score (nSPS) is 13.8. The van der Waals surface area contributed by atoms with E-state index in [9.17, 15) is 4.79 Å². The first-order valence-corrected chi connectivity index (χ1v) is 9.96. The molecule has 0 spiro atoms. The lowest BCUT2D eigenvalue weighted by atomic mass is 9.99. The SMILES string of the molecule is CCOC(=O)c1cnc(N(CC)c2ccc(C3CC3)c3ccccc23)s1. The Morgan fingerprint density at radius 3 is 2.65 bits per heavy atom. The number of ether oxygens (including phenoxy) is 1. The van der Waals surface area contributed by atoms with Gasteiger partial charge >= 0.3 is 5.97 Å². The number of nitrogens with zero attached hydrogens (tertiary/aromatic N) is 2. The van der Waals surface area contributed by atoms with Gasteiger partial charge in [-0.2, -0.15) is 0 Å². The van der Waals surface area contributed by atoms with Gasteiger partial charge in [0.2, 0.25) is 0 Å². The van der Waals surface area contributed by atoms with Gasteiger partial charge in [-0.1, -0.05) is 41.7 Å². The van der Waals surface area contributed by atoms with E-state index in [2.05, 4.69) is 53.2 Å². The van der Waals surface area contributed by atoms with Crippen molar-refractivity contribution < 1.29 is 9.53 Å². The van der Waals surface area contributed by atoms with Crippen molar-refractivity contribution in [2.24, 2.45) is 0 Å². The van der Waals surface area contributed by atoms with Crippen LogP contribution in [-0.2, 0) is 4.74 Å². The molecule has 0 bridgehead atoms. The van der Waals surface area contributed by atoms with E-state index in [0.717, 1.165) is 17.4 Å². The molecular weight excluding hydrogens is 344 g/mol. The van der Waals surface area contributed by atoms with Crippen molar-refractivity contribution >= 4 is 38.9 Å². The summed E-state index contributed by atoms with van der Waals surface area (Å²) in [5, 5.41) is 3.39. The van der Waals surface area contributed by atoms with E-state index < -0.39 is 0 Å². The van der Waals surface area contributed by atoms with Gasteiger partial charge in [0.25, 0.3) is 0 Å². The minimum absolute atomic E-state index is 0.304. The fourth-order valence-electron chi connectivity index (χ4n) is 3.39. The molecule has 1 aliphatic carbocycles. The van der Waals surface area contributed by atoms with E-state index in [-0.39, 0.29) is 5.97 Å². The van der Waals surface area contributed by atoms with Crippen LogP contribution in [0.1, 0.15) is 47.8 Å². The van der Waals surface area contributed by atoms with E-state index in [1.54, 1.807) is 6.20 Å². The van der Waals surface area contributed by atoms with Gasteiger partial charge in [0.05, 0.1) is 18.5 Å². The predicted octanol–water partition coefficient (Wildman–Crippen LogP) is 5.51. The van der Waals surface area contributed by atoms with Gasteiger partial charge in [-0.05, 0) is 49.6 Å². The second-order valence-electron chi connectivity index (χ2n) is 6.47. The number of benzene rings is 2. The molecule has 134 valence electrons. The topological polar surface area (TPSA) is 42.4 Å². The third kappa shape index (κ3) is 3.07. The van der Waals surface area contributed by atoms with E-state index in [4.69, 9.17) is 4.74 Å². The molecule has 0 amide bonds. The fraction of sp³-hybridized carbons (Fsp3) is 0.333. The average molecular weight is 366 g/mol. The van der Waals surface area contributed by atoms with Crippen LogP contribution in [0.3, 0.4) is 0 Å². The molecule has 1 saturated carbocycles. The summed E-state index contributed by atoms with van der Waals surface area (Å²) < 4.78 is 5.09. The highest BCUT2D eigenvalue weighted by molar-refractivity contribution is 7.17. The summed E-state index contributed by atoms with van der Waals surface area (Å²) in [6, 6.07) is 13.0. The second-order valence-corrected chi connectivity index (χ2v) is 7.47. The van der Waals surface area contributed by atoms with Crippen LogP contribution in [0.5, 0.6) is 0 Å². The number of esters is 1. The van der Waals surface area contributed by atoms with Gasteiger partial charge in [-0.3, -0.25) is 0 Å². The lowest BCUT2D eigenvalue weighted by molar-refractivity contribution is 0.0532. The molecule has 4 rings (SSSR count). The molecule has 1 heterocycles. The smallest absolute Gasteiger partial charge is 0.350 e. The van der Waals surface area contributed by atoms with Crippen LogP contribution >= 0.6 is 11.3 Å². The van der Waals surface area contributed by atoms with Crippen molar-refractivity contribution in [3.05, 3.63) is 53.0 Å². The molecule has 26 heavy (non-hydrogen) atoms. The van der Waals surface area contributed by atoms with Gasteiger partial charge in [-0.15, -0.1) is 0 Å². The third-order valence-electron chi connectivity index (χ3n) is 4.76. The maximum Gasteiger partial charge on any atom is 0.350 e. The van der Waals surface area contributed by atoms with Gasteiger partial charge in [0.15, 0.2) is 5.13 Å². The van der Waals surface area contributed by atoms with Crippen LogP contribution in [0, 0.1) is 0 Å². The van der Waals surface area contributed by atoms with Gasteiger partial charge in [0, 0.05) is 11.9 Å². The first-order chi connectivity index (χ1) is 12.7. The first kappa shape index (κ1) is 17.0. The highest BCUT2D eigenvalue weighted by Crippen LogP contribution is 2.45. The molecule has 4 nitrogen and oxygen atoms in total. The Labute approximate surface area is 157 Å². The molecule has 1 aromatic heterocycles. The van der Waals surface area contributed by atoms with Crippen LogP contribution in [-0.4, -0.2) is 24.1 Å². The molecule has 2 aromatic carbocycles. The summed E-state index contributed by atoms with van der Waals surface area (Å²) in [6.07, 6.45) is 4.19. The summed E-state index contributed by atoms with van der Waals surface area (Å²) in [7, 11) is 0. The van der Waals surface area contributed by atoms with Crippen molar-refractivity contribution in [3.8, 4) is 0 Å². The number of carbonyl (C=O) groups is 1. The molecule has 0 atom stereocenters. The number of aromatic nitrogens is 1. The number of carbonyl (C=O) groups excluding carboxylic acids is 1. The van der Waals surface area contributed by atoms with E-state index in [0.29, 0.717) is 17.4 Å². The van der Waals surface area contributed by atoms with E-state index in [1.807, 2.05) is 6.92 Å². The minimum atomic E-state index is -0.304. The highest BCUT2D eigenvalue weighted by atomic mass is 32.1. The van der Waals surface area contributed by atoms with Crippen molar-refractivity contribution in [2.75, 3.05) is 18.1 Å². The summed E-state index contributed by atoms with van der Waals surface area (Å²) in [4.78, 5) is 19.2. The molecule has 3 aromatic rings. The Bertz CT molecular complexity index is 946. The summed E-state index contributed by atoms with van der Waals surface area (Å²) in [5.74, 6) is 0.403. The van der Waals surface area contributed by atoms with Crippen LogP contribution in [0.2, 0.25) is 0 Å². The Morgan fingerprint density at radius 1 is 1.19 bits per heavy atom. The Kier molecular flexibility index (Phi) is 4.64. The van der Waals surface area contributed by atoms with E-state index >= 15 is 0 Å². The maximum absolute atomic E-state index is 12.0. The van der Waals surface area contributed by atoms with Gasteiger partial charge < -0.3 is 9.64 Å². The van der Waals surface area contributed by atoms with Crippen LogP contribution < -0.4 is 4.90 Å². The summed E-state index contributed by atoms with van der Waals surface area (Å²) in [6.45, 7) is 5.07. The van der Waals surface area contributed by atoms with Crippen molar-refractivity contribution in [1.82, 2.24) is 4.98 Å². The molecule has 0 N–H and O–H groups in total. The number of hydrogen-bond donors (Lipinski definition) is 0. The molecule has 0 aliphatic heterocycles. The van der Waals surface area contributed by atoms with Crippen LogP contribution in [0.4, 0.5) is 10.8 Å². The van der Waals surface area contributed by atoms with Crippen LogP contribution in [0.25, 0.3) is 10.8 Å². The van der Waals surface area contributed by atoms with Crippen molar-refractivity contribution in [1.29, 1.82) is 0 Å². The third-order valence-corrected chi connectivity index (χ3v) is 5.76. The number of anilines is 2. The molecule has 1 aliphatic rings. The molecule has 0 saturated heterocycles. The monoisotopic (exact) mass is 366 g/mol. The molecule has 0 radical (unpaired) electrons. The fourth-order valence-corrected chi connectivity index (χ4v) is 4.27. The van der Waals surface area contributed by atoms with Crippen LogP contribution in [0.15, 0.2) is 42.6 Å². The zero-order chi connectivity index (χ0) is 18.1. The number of hydrogen-bond acceptors (Lipinski definition) is 5. The van der Waals surface area contributed by atoms with E-state index in [1.165, 1.54) is 40.5 Å². The molecule has 5 heteroatoms. The lowest BCUT2D eigenvalue weighted by Crippen LogP contribution is -2.16. The van der Waals surface area contributed by atoms with Gasteiger partial charge in [0.1, 0.15) is 4.88 Å². The Hall–Kier alpha value is -2.40. The highest BCUT2D eigenvalue weighted by Gasteiger charge is 2.26. The quantitative estimate of drug-likeness (QED) is 0.540. The number of thiazole rings is 1. The zero-order valence-electron chi connectivity index (χ0n) is 15.1. The first-order valence-electron chi connectivity index (χ1n) is 9.15. The zero-order valence-corrected chi connectivity index (χ0v) is 15.9. The standard InChI is InChI=1S/C21H22N2O2S/c1-3-23(21-22-13-19(26-21)20(24)25-4-2)18-12-11-15(14-9-10-14)16-7-5-6-8-17(16)18/h5-8,11-14H,3-4,9-10H2,1-2H3. The summed E-state index contributed by atoms with van der Waals surface area (Å²) >= 11 is 1.38. The summed E-state index contributed by atoms with van der Waals surface area (Å²) in [5.41, 5.74) is 2.59. The number of rotatable bonds is 6.